The Morgan fingerprint density at radius 2 is 1.67 bits per heavy atom. The Hall–Kier alpha value is -3.22. The number of nitrogens with two attached hydrogens (primary N) is 1. The van der Waals surface area contributed by atoms with Crippen LogP contribution >= 0.6 is 0 Å². The van der Waals surface area contributed by atoms with E-state index in [4.69, 9.17) is 19.9 Å². The predicted molar refractivity (Wildman–Crippen MR) is 101 cm³/mol. The zero-order chi connectivity index (χ0) is 19.8. The van der Waals surface area contributed by atoms with E-state index in [1.807, 2.05) is 18.2 Å². The van der Waals surface area contributed by atoms with E-state index in [1.54, 1.807) is 50.4 Å². The van der Waals surface area contributed by atoms with E-state index in [9.17, 15) is 9.59 Å². The third-order valence-corrected chi connectivity index (χ3v) is 4.11. The molecule has 0 unspecified atom stereocenters. The second kappa shape index (κ2) is 9.47. The number of carbonyl (C=O) groups excluding carboxylic acids is 2. The number of nitrogens with zero attached hydrogens (tertiary/aromatic N) is 1. The number of rotatable bonds is 9. The predicted octanol–water partition coefficient (Wildman–Crippen LogP) is 1.88. The molecule has 7 nitrogen and oxygen atoms in total. The number of likely N-dealkylation sites (N-methyl/N-ethyl adjacent to an activating group) is 1. The van der Waals surface area contributed by atoms with Gasteiger partial charge < -0.3 is 24.8 Å². The van der Waals surface area contributed by atoms with Crippen LogP contribution in [0.3, 0.4) is 0 Å². The van der Waals surface area contributed by atoms with Crippen LogP contribution < -0.4 is 19.9 Å². The summed E-state index contributed by atoms with van der Waals surface area (Å²) in [5, 5.41) is 0. The molecule has 0 radical (unpaired) electrons. The zero-order valence-electron chi connectivity index (χ0n) is 15.7. The van der Waals surface area contributed by atoms with Gasteiger partial charge in [0.05, 0.1) is 14.2 Å². The summed E-state index contributed by atoms with van der Waals surface area (Å²) in [6.45, 7) is 0.455. The first-order valence-corrected chi connectivity index (χ1v) is 8.42. The summed E-state index contributed by atoms with van der Waals surface area (Å²) in [5.74, 6) is 1.18. The lowest BCUT2D eigenvalue weighted by Crippen LogP contribution is -2.33. The van der Waals surface area contributed by atoms with Gasteiger partial charge in [0.15, 0.2) is 18.1 Å². The van der Waals surface area contributed by atoms with Crippen LogP contribution in [0, 0.1) is 0 Å². The van der Waals surface area contributed by atoms with E-state index in [1.165, 1.54) is 0 Å². The summed E-state index contributed by atoms with van der Waals surface area (Å²) in [6, 6.07) is 12.0. The molecular weight excluding hydrogens is 348 g/mol. The zero-order valence-corrected chi connectivity index (χ0v) is 15.7. The summed E-state index contributed by atoms with van der Waals surface area (Å²) >= 11 is 0. The molecule has 144 valence electrons. The molecule has 0 aliphatic carbocycles. The molecule has 27 heavy (non-hydrogen) atoms. The molecule has 0 fully saturated rings. The average Bonchev–Trinajstić information content (AvgIpc) is 2.70. The number of carbonyl (C=O) groups is 2. The summed E-state index contributed by atoms with van der Waals surface area (Å²) in [7, 11) is 4.90. The maximum absolute atomic E-state index is 12.2. The van der Waals surface area contributed by atoms with E-state index in [0.29, 0.717) is 35.8 Å². The van der Waals surface area contributed by atoms with Gasteiger partial charge in [0.2, 0.25) is 5.91 Å². The maximum Gasteiger partial charge on any atom is 0.260 e. The number of amides is 2. The first kappa shape index (κ1) is 20.1. The summed E-state index contributed by atoms with van der Waals surface area (Å²) < 4.78 is 16.0. The van der Waals surface area contributed by atoms with Gasteiger partial charge in [-0.25, -0.2) is 0 Å². The molecule has 2 N–H and O–H groups in total. The minimum absolute atomic E-state index is 0.0850. The Balaban J connectivity index is 1.84. The SMILES string of the molecule is COc1ccc(CCN(C)C(=O)COc2ccc(C(N)=O)cc2)cc1OC. The standard InChI is InChI=1S/C20H24N2O5/c1-22(11-10-14-4-9-17(25-2)18(12-14)26-3)19(23)13-27-16-7-5-15(6-8-16)20(21)24/h4-9,12H,10-11,13H2,1-3H3,(H2,21,24). The highest BCUT2D eigenvalue weighted by Crippen LogP contribution is 2.27. The molecule has 2 aromatic rings. The van der Waals surface area contributed by atoms with Gasteiger partial charge in [0.25, 0.3) is 5.91 Å². The highest BCUT2D eigenvalue weighted by molar-refractivity contribution is 5.92. The fourth-order valence-corrected chi connectivity index (χ4v) is 2.43. The van der Waals surface area contributed by atoms with Crippen LogP contribution in [0.1, 0.15) is 15.9 Å². The molecule has 0 saturated carbocycles. The average molecular weight is 372 g/mol. The van der Waals surface area contributed by atoms with Gasteiger partial charge in [-0.15, -0.1) is 0 Å². The van der Waals surface area contributed by atoms with Crippen molar-refractivity contribution in [3.63, 3.8) is 0 Å². The van der Waals surface area contributed by atoms with Crippen molar-refractivity contribution in [2.45, 2.75) is 6.42 Å². The van der Waals surface area contributed by atoms with E-state index in [-0.39, 0.29) is 12.5 Å². The number of methoxy groups -OCH3 is 2. The second-order valence-electron chi connectivity index (χ2n) is 5.93. The molecule has 2 aromatic carbocycles. The van der Waals surface area contributed by atoms with Gasteiger partial charge in [-0.3, -0.25) is 9.59 Å². The molecule has 7 heteroatoms. The molecule has 0 atom stereocenters. The van der Waals surface area contributed by atoms with Gasteiger partial charge >= 0.3 is 0 Å². The van der Waals surface area contributed by atoms with Gasteiger partial charge in [0, 0.05) is 19.2 Å². The number of primary amides is 1. The first-order valence-electron chi connectivity index (χ1n) is 8.42. The topological polar surface area (TPSA) is 91.1 Å². The van der Waals surface area contributed by atoms with E-state index in [0.717, 1.165) is 5.56 Å². The van der Waals surface area contributed by atoms with Crippen LogP contribution in [-0.2, 0) is 11.2 Å². The summed E-state index contributed by atoms with van der Waals surface area (Å²) in [6.07, 6.45) is 0.676. The number of ether oxygens (including phenoxy) is 3. The third kappa shape index (κ3) is 5.64. The molecule has 0 bridgehead atoms. The van der Waals surface area contributed by atoms with E-state index in [2.05, 4.69) is 0 Å². The fraction of sp³-hybridized carbons (Fsp3) is 0.300. The van der Waals surface area contributed by atoms with Crippen LogP contribution in [-0.4, -0.2) is 51.1 Å². The van der Waals surface area contributed by atoms with Crippen LogP contribution in [0.2, 0.25) is 0 Å². The molecular formula is C20H24N2O5. The Labute approximate surface area is 158 Å². The second-order valence-corrected chi connectivity index (χ2v) is 5.93. The summed E-state index contributed by atoms with van der Waals surface area (Å²) in [4.78, 5) is 24.9. The number of benzene rings is 2. The smallest absolute Gasteiger partial charge is 0.260 e. The molecule has 0 saturated heterocycles. The first-order chi connectivity index (χ1) is 12.9. The highest BCUT2D eigenvalue weighted by atomic mass is 16.5. The molecule has 2 rings (SSSR count). The Morgan fingerprint density at radius 3 is 2.26 bits per heavy atom. The van der Waals surface area contributed by atoms with Crippen molar-refractivity contribution < 1.29 is 23.8 Å². The minimum atomic E-state index is -0.507. The number of hydrogen-bond donors (Lipinski definition) is 1. The van der Waals surface area contributed by atoms with Crippen molar-refractivity contribution in [2.75, 3.05) is 34.4 Å². The monoisotopic (exact) mass is 372 g/mol. The molecule has 2 amide bonds. The lowest BCUT2D eigenvalue weighted by Gasteiger charge is -2.18. The number of hydrogen-bond acceptors (Lipinski definition) is 5. The van der Waals surface area contributed by atoms with E-state index >= 15 is 0 Å². The molecule has 0 aliphatic rings. The lowest BCUT2D eigenvalue weighted by molar-refractivity contribution is -0.132. The Bertz CT molecular complexity index is 789. The van der Waals surface area contributed by atoms with Gasteiger partial charge in [-0.1, -0.05) is 6.07 Å². The minimum Gasteiger partial charge on any atom is -0.493 e. The normalized spacial score (nSPS) is 10.2. The molecule has 0 aliphatic heterocycles. The van der Waals surface area contributed by atoms with Gasteiger partial charge in [-0.05, 0) is 48.4 Å². The third-order valence-electron chi connectivity index (χ3n) is 4.11. The van der Waals surface area contributed by atoms with Crippen molar-refractivity contribution in [1.29, 1.82) is 0 Å². The van der Waals surface area contributed by atoms with E-state index < -0.39 is 5.91 Å². The van der Waals surface area contributed by atoms with Crippen molar-refractivity contribution in [3.8, 4) is 17.2 Å². The van der Waals surface area contributed by atoms with Crippen LogP contribution in [0.4, 0.5) is 0 Å². The highest BCUT2D eigenvalue weighted by Gasteiger charge is 2.11. The van der Waals surface area contributed by atoms with Crippen molar-refractivity contribution in [2.24, 2.45) is 5.73 Å². The van der Waals surface area contributed by atoms with Crippen LogP contribution in [0.15, 0.2) is 42.5 Å². The van der Waals surface area contributed by atoms with Crippen molar-refractivity contribution in [1.82, 2.24) is 4.90 Å². The van der Waals surface area contributed by atoms with Gasteiger partial charge in [-0.2, -0.15) is 0 Å². The van der Waals surface area contributed by atoms with Crippen LogP contribution in [0.25, 0.3) is 0 Å². The Kier molecular flexibility index (Phi) is 7.05. The maximum atomic E-state index is 12.2. The Morgan fingerprint density at radius 1 is 1.00 bits per heavy atom. The summed E-state index contributed by atoms with van der Waals surface area (Å²) in [5.41, 5.74) is 6.61. The fourth-order valence-electron chi connectivity index (χ4n) is 2.43. The lowest BCUT2D eigenvalue weighted by atomic mass is 10.1. The van der Waals surface area contributed by atoms with Crippen molar-refractivity contribution in [3.05, 3.63) is 53.6 Å². The quantitative estimate of drug-likeness (QED) is 0.726. The van der Waals surface area contributed by atoms with Crippen molar-refractivity contribution >= 4 is 11.8 Å². The molecule has 0 aromatic heterocycles. The molecule has 0 heterocycles. The van der Waals surface area contributed by atoms with Crippen LogP contribution in [0.5, 0.6) is 17.2 Å². The largest absolute Gasteiger partial charge is 0.493 e. The van der Waals surface area contributed by atoms with Gasteiger partial charge in [0.1, 0.15) is 5.75 Å². The molecule has 0 spiro atoms.